The topological polar surface area (TPSA) is 62.0 Å². The molecule has 0 unspecified atom stereocenters. The van der Waals surface area contributed by atoms with Crippen molar-refractivity contribution in [3.63, 3.8) is 0 Å². The van der Waals surface area contributed by atoms with Crippen molar-refractivity contribution in [1.29, 1.82) is 0 Å². The average molecular weight is 239 g/mol. The molecule has 0 aliphatic heterocycles. The molecule has 5 heteroatoms. The van der Waals surface area contributed by atoms with Gasteiger partial charge in [0.1, 0.15) is 5.02 Å². The fourth-order valence-electron chi connectivity index (χ4n) is 0.994. The van der Waals surface area contributed by atoms with Gasteiger partial charge in [0, 0.05) is 31.6 Å². The molecule has 0 aliphatic carbocycles. The molecule has 0 radical (unpaired) electrons. The second kappa shape index (κ2) is 5.99. The maximum absolute atomic E-state index is 10.9. The summed E-state index contributed by atoms with van der Waals surface area (Å²) in [7, 11) is 0. The van der Waals surface area contributed by atoms with E-state index in [1.807, 2.05) is 0 Å². The Labute approximate surface area is 98.0 Å². The molecule has 0 saturated heterocycles. The summed E-state index contributed by atoms with van der Waals surface area (Å²) in [5.74, 6) is 5.61. The van der Waals surface area contributed by atoms with Gasteiger partial charge in [0.05, 0.1) is 0 Å². The first-order chi connectivity index (χ1) is 7.59. The van der Waals surface area contributed by atoms with Gasteiger partial charge in [0.25, 0.3) is 5.56 Å². The van der Waals surface area contributed by atoms with E-state index in [1.165, 1.54) is 19.2 Å². The predicted molar refractivity (Wildman–Crippen MR) is 62.3 cm³/mol. The number of aromatic nitrogens is 1. The number of carbonyl (C=O) groups excluding carboxylic acids is 1. The van der Waals surface area contributed by atoms with E-state index in [0.29, 0.717) is 18.5 Å². The van der Waals surface area contributed by atoms with E-state index in [0.717, 1.165) is 0 Å². The summed E-state index contributed by atoms with van der Waals surface area (Å²) in [6.07, 6.45) is 2.05. The van der Waals surface area contributed by atoms with Gasteiger partial charge in [-0.05, 0) is 6.07 Å². The summed E-state index contributed by atoms with van der Waals surface area (Å²) in [6.45, 7) is 1.97. The summed E-state index contributed by atoms with van der Waals surface area (Å²) in [6, 6.07) is 1.51. The van der Waals surface area contributed by atoms with E-state index in [1.54, 1.807) is 0 Å². The number of carbonyl (C=O) groups is 1. The van der Waals surface area contributed by atoms with Gasteiger partial charge in [-0.2, -0.15) is 0 Å². The van der Waals surface area contributed by atoms with Crippen LogP contribution < -0.4 is 10.9 Å². The number of nitrogens with one attached hydrogen (secondary N) is 2. The first kappa shape index (κ1) is 12.3. The molecule has 0 saturated carbocycles. The molecule has 2 N–H and O–H groups in total. The van der Waals surface area contributed by atoms with E-state index in [9.17, 15) is 9.59 Å². The first-order valence-electron chi connectivity index (χ1n) is 4.71. The minimum absolute atomic E-state index is 0.0751. The Bertz CT molecular complexity index is 497. The Morgan fingerprint density at radius 2 is 2.38 bits per heavy atom. The minimum atomic E-state index is -0.328. The van der Waals surface area contributed by atoms with Crippen LogP contribution in [-0.2, 0) is 4.79 Å². The van der Waals surface area contributed by atoms with E-state index >= 15 is 0 Å². The monoisotopic (exact) mass is 238 g/mol. The molecule has 1 heterocycles. The lowest BCUT2D eigenvalue weighted by molar-refractivity contribution is -0.118. The molecule has 84 valence electrons. The highest BCUT2D eigenvalue weighted by molar-refractivity contribution is 6.30. The van der Waals surface area contributed by atoms with Crippen molar-refractivity contribution in [2.75, 3.05) is 6.54 Å². The van der Waals surface area contributed by atoms with Crippen molar-refractivity contribution in [2.24, 2.45) is 0 Å². The van der Waals surface area contributed by atoms with Crippen LogP contribution in [0, 0.1) is 11.8 Å². The van der Waals surface area contributed by atoms with E-state index < -0.39 is 0 Å². The number of aromatic amines is 1. The smallest absolute Gasteiger partial charge is 0.266 e. The van der Waals surface area contributed by atoms with Crippen molar-refractivity contribution in [2.45, 2.75) is 13.3 Å². The molecule has 0 fully saturated rings. The Hall–Kier alpha value is -1.73. The molecule has 0 atom stereocenters. The number of H-pyrrole nitrogens is 1. The highest BCUT2D eigenvalue weighted by atomic mass is 35.5. The molecule has 1 aromatic heterocycles. The normalized spacial score (nSPS) is 9.12. The molecular weight excluding hydrogens is 228 g/mol. The fraction of sp³-hybridized carbons (Fsp3) is 0.273. The number of hydrogen-bond donors (Lipinski definition) is 2. The first-order valence-corrected chi connectivity index (χ1v) is 5.09. The molecule has 1 aromatic rings. The van der Waals surface area contributed by atoms with Crippen LogP contribution in [0.2, 0.25) is 5.02 Å². The molecule has 0 aromatic carbocycles. The maximum Gasteiger partial charge on any atom is 0.266 e. The second-order valence-corrected chi connectivity index (χ2v) is 3.51. The molecule has 0 aliphatic rings. The summed E-state index contributed by atoms with van der Waals surface area (Å²) < 4.78 is 0. The van der Waals surface area contributed by atoms with Gasteiger partial charge in [-0.3, -0.25) is 9.59 Å². The summed E-state index contributed by atoms with van der Waals surface area (Å²) in [5, 5.41) is 2.75. The third-order valence-electron chi connectivity index (χ3n) is 1.71. The van der Waals surface area contributed by atoms with Crippen LogP contribution in [0.15, 0.2) is 17.1 Å². The third kappa shape index (κ3) is 4.20. The van der Waals surface area contributed by atoms with Crippen molar-refractivity contribution < 1.29 is 4.79 Å². The number of amides is 1. The van der Waals surface area contributed by atoms with Gasteiger partial charge in [-0.15, -0.1) is 0 Å². The molecule has 4 nitrogen and oxygen atoms in total. The minimum Gasteiger partial charge on any atom is -0.355 e. The Morgan fingerprint density at radius 1 is 1.62 bits per heavy atom. The summed E-state index contributed by atoms with van der Waals surface area (Å²) >= 11 is 5.63. The highest BCUT2D eigenvalue weighted by Crippen LogP contribution is 2.01. The van der Waals surface area contributed by atoms with Crippen LogP contribution >= 0.6 is 11.6 Å². The number of pyridine rings is 1. The number of rotatable bonds is 2. The summed E-state index contributed by atoms with van der Waals surface area (Å²) in [4.78, 5) is 23.9. The molecule has 16 heavy (non-hydrogen) atoms. The predicted octanol–water partition coefficient (Wildman–Crippen LogP) is 0.906. The Kier molecular flexibility index (Phi) is 4.62. The zero-order valence-electron chi connectivity index (χ0n) is 8.76. The summed E-state index contributed by atoms with van der Waals surface area (Å²) in [5.41, 5.74) is 0.317. The van der Waals surface area contributed by atoms with Gasteiger partial charge in [-0.1, -0.05) is 23.4 Å². The lowest BCUT2D eigenvalue weighted by Crippen LogP contribution is -2.20. The fourth-order valence-corrected chi connectivity index (χ4v) is 1.17. The largest absolute Gasteiger partial charge is 0.355 e. The Morgan fingerprint density at radius 3 is 3.00 bits per heavy atom. The Balaban J connectivity index is 2.53. The SMILES string of the molecule is CC(=O)NCCC#Cc1c[nH]c(=O)c(Cl)c1. The van der Waals surface area contributed by atoms with E-state index in [4.69, 9.17) is 11.6 Å². The molecule has 0 spiro atoms. The zero-order valence-corrected chi connectivity index (χ0v) is 9.52. The van der Waals surface area contributed by atoms with Crippen molar-refractivity contribution in [3.8, 4) is 11.8 Å². The quantitative estimate of drug-likeness (QED) is 0.594. The van der Waals surface area contributed by atoms with Crippen molar-refractivity contribution in [3.05, 3.63) is 33.2 Å². The second-order valence-electron chi connectivity index (χ2n) is 3.10. The van der Waals surface area contributed by atoms with Gasteiger partial charge in [0.15, 0.2) is 0 Å². The number of halogens is 1. The standard InChI is InChI=1S/C11H11ClN2O2/c1-8(15)13-5-3-2-4-9-6-10(12)11(16)14-7-9/h6-7H,3,5H2,1H3,(H,13,15)(H,14,16). The molecule has 1 rings (SSSR count). The molecular formula is C11H11ClN2O2. The van der Waals surface area contributed by atoms with Crippen LogP contribution in [0.3, 0.4) is 0 Å². The lowest BCUT2D eigenvalue weighted by atomic mass is 10.3. The lowest BCUT2D eigenvalue weighted by Gasteiger charge is -1.94. The molecule has 1 amide bonds. The van der Waals surface area contributed by atoms with Crippen LogP contribution in [-0.4, -0.2) is 17.4 Å². The van der Waals surface area contributed by atoms with Gasteiger partial charge < -0.3 is 10.3 Å². The molecule has 0 bridgehead atoms. The van der Waals surface area contributed by atoms with E-state index in [2.05, 4.69) is 22.1 Å². The average Bonchev–Trinajstić information content (AvgIpc) is 2.22. The van der Waals surface area contributed by atoms with Crippen LogP contribution in [0.4, 0.5) is 0 Å². The van der Waals surface area contributed by atoms with Gasteiger partial charge >= 0.3 is 0 Å². The van der Waals surface area contributed by atoms with Crippen molar-refractivity contribution in [1.82, 2.24) is 10.3 Å². The van der Waals surface area contributed by atoms with Gasteiger partial charge in [0.2, 0.25) is 5.91 Å². The number of hydrogen-bond acceptors (Lipinski definition) is 2. The van der Waals surface area contributed by atoms with Crippen molar-refractivity contribution >= 4 is 17.5 Å². The van der Waals surface area contributed by atoms with Gasteiger partial charge in [-0.25, -0.2) is 0 Å². The highest BCUT2D eigenvalue weighted by Gasteiger charge is 1.95. The maximum atomic E-state index is 10.9. The van der Waals surface area contributed by atoms with Crippen LogP contribution in [0.5, 0.6) is 0 Å². The third-order valence-corrected chi connectivity index (χ3v) is 2.00. The van der Waals surface area contributed by atoms with E-state index in [-0.39, 0.29) is 16.5 Å². The van der Waals surface area contributed by atoms with Crippen LogP contribution in [0.1, 0.15) is 18.9 Å². The zero-order chi connectivity index (χ0) is 12.0. The van der Waals surface area contributed by atoms with Crippen LogP contribution in [0.25, 0.3) is 0 Å².